The fraction of sp³-hybridized carbons (Fsp3) is 0.643. The number of nitriles is 1. The fourth-order valence-corrected chi connectivity index (χ4v) is 6.63. The average molecular weight is 562 g/mol. The summed E-state index contributed by atoms with van der Waals surface area (Å²) in [6, 6.07) is 5.10. The monoisotopic (exact) mass is 561 g/mol. The van der Waals surface area contributed by atoms with Crippen LogP contribution in [-0.2, 0) is 14.4 Å². The van der Waals surface area contributed by atoms with Gasteiger partial charge in [-0.25, -0.2) is 8.78 Å². The van der Waals surface area contributed by atoms with Gasteiger partial charge in [-0.05, 0) is 62.6 Å². The molecule has 39 heavy (non-hydrogen) atoms. The molecule has 1 aromatic carbocycles. The van der Waals surface area contributed by atoms with Gasteiger partial charge in [0.25, 0.3) is 5.92 Å². The van der Waals surface area contributed by atoms with Crippen LogP contribution in [0.4, 0.5) is 14.5 Å². The smallest absolute Gasteiger partial charge is 0.255 e. The number of rotatable bonds is 9. The van der Waals surface area contributed by atoms with E-state index in [9.17, 15) is 19.6 Å². The van der Waals surface area contributed by atoms with E-state index in [1.54, 1.807) is 24.3 Å². The summed E-state index contributed by atoms with van der Waals surface area (Å²) in [5.74, 6) is -5.83. The van der Waals surface area contributed by atoms with Gasteiger partial charge >= 0.3 is 0 Å². The topological polar surface area (TPSA) is 114 Å². The van der Waals surface area contributed by atoms with Crippen molar-refractivity contribution in [2.45, 2.75) is 87.9 Å². The molecule has 0 radical (unpaired) electrons. The van der Waals surface area contributed by atoms with Crippen molar-refractivity contribution < 1.29 is 23.2 Å². The molecule has 210 valence electrons. The van der Waals surface area contributed by atoms with Gasteiger partial charge in [0.1, 0.15) is 18.1 Å². The number of fused-ring (bicyclic) bond motifs is 3. The highest BCUT2D eigenvalue weighted by atomic mass is 35.5. The molecule has 8 nitrogen and oxygen atoms in total. The number of carbonyl (C=O) groups excluding carboxylic acids is 3. The molecular formula is C28H34ClF2N5O3. The summed E-state index contributed by atoms with van der Waals surface area (Å²) in [6.07, 6.45) is 4.01. The van der Waals surface area contributed by atoms with Crippen LogP contribution in [0.3, 0.4) is 0 Å². The SMILES string of the molecule is N#C[C@@H](C[C@@H]1CCCNC1=O)NC(=O)[C@@H]1[C@@H]2CC[C@@H](CC2(F)F)N1C(=O)[C@H](CC1CC1)Nc1cccc(Cl)c1. The molecule has 3 saturated heterocycles. The third kappa shape index (κ3) is 6.13. The highest BCUT2D eigenvalue weighted by Gasteiger charge is 2.61. The van der Waals surface area contributed by atoms with Crippen LogP contribution in [0.15, 0.2) is 24.3 Å². The van der Waals surface area contributed by atoms with Crippen LogP contribution in [0.5, 0.6) is 0 Å². The van der Waals surface area contributed by atoms with Crippen LogP contribution in [0, 0.1) is 29.1 Å². The zero-order valence-corrected chi connectivity index (χ0v) is 22.4. The lowest BCUT2D eigenvalue weighted by Gasteiger charge is -2.54. The second kappa shape index (κ2) is 11.3. The number of alkyl halides is 2. The maximum absolute atomic E-state index is 15.1. The minimum absolute atomic E-state index is 0.0971. The Bertz CT molecular complexity index is 1160. The summed E-state index contributed by atoms with van der Waals surface area (Å²) in [5.41, 5.74) is 0.644. The molecule has 3 heterocycles. The lowest BCUT2D eigenvalue weighted by atomic mass is 9.71. The molecule has 2 bridgehead atoms. The van der Waals surface area contributed by atoms with Gasteiger partial charge in [0, 0.05) is 35.6 Å². The van der Waals surface area contributed by atoms with Crippen molar-refractivity contribution in [3.05, 3.63) is 29.3 Å². The van der Waals surface area contributed by atoms with E-state index in [1.165, 1.54) is 4.90 Å². The number of halogens is 3. The van der Waals surface area contributed by atoms with Crippen molar-refractivity contribution in [3.63, 3.8) is 0 Å². The van der Waals surface area contributed by atoms with Crippen molar-refractivity contribution >= 4 is 35.0 Å². The molecule has 3 N–H and O–H groups in total. The number of anilines is 1. The maximum atomic E-state index is 15.1. The van der Waals surface area contributed by atoms with Crippen LogP contribution < -0.4 is 16.0 Å². The van der Waals surface area contributed by atoms with Gasteiger partial charge in [0.05, 0.1) is 12.0 Å². The molecule has 11 heteroatoms. The number of hydrogen-bond acceptors (Lipinski definition) is 5. The predicted molar refractivity (Wildman–Crippen MR) is 141 cm³/mol. The number of nitrogens with zero attached hydrogens (tertiary/aromatic N) is 2. The van der Waals surface area contributed by atoms with Crippen molar-refractivity contribution in [2.75, 3.05) is 11.9 Å². The molecule has 2 saturated carbocycles. The molecule has 0 unspecified atom stereocenters. The highest BCUT2D eigenvalue weighted by molar-refractivity contribution is 6.30. The van der Waals surface area contributed by atoms with E-state index in [1.807, 2.05) is 6.07 Å². The van der Waals surface area contributed by atoms with E-state index < -0.39 is 54.3 Å². The summed E-state index contributed by atoms with van der Waals surface area (Å²) >= 11 is 6.14. The lowest BCUT2D eigenvalue weighted by Crippen LogP contribution is -2.70. The Balaban J connectivity index is 1.38. The Labute approximate surface area is 231 Å². The predicted octanol–water partition coefficient (Wildman–Crippen LogP) is 3.86. The number of amides is 3. The van der Waals surface area contributed by atoms with E-state index >= 15 is 8.78 Å². The van der Waals surface area contributed by atoms with Gasteiger partial charge < -0.3 is 20.9 Å². The zero-order valence-electron chi connectivity index (χ0n) is 21.7. The first-order chi connectivity index (χ1) is 18.7. The first-order valence-corrected chi connectivity index (χ1v) is 14.2. The standard InChI is InChI=1S/C28H34ClF2N5O3/c29-18-4-1-5-19(13-18)34-23(11-16-6-7-16)27(39)36-21-8-9-22(28(30,31)14-21)24(36)26(38)35-20(15-32)12-17-3-2-10-33-25(17)37/h1,4-5,13,16-17,20-24,34H,2-3,6-12,14H2,(H,33,37)(H,35,38)/t17-,20+,21-,22-,23-,24-/m0/s1. The van der Waals surface area contributed by atoms with Crippen LogP contribution in [-0.4, -0.2) is 59.3 Å². The van der Waals surface area contributed by atoms with E-state index in [-0.39, 0.29) is 24.7 Å². The third-order valence-corrected chi connectivity index (χ3v) is 8.82. The van der Waals surface area contributed by atoms with Crippen LogP contribution >= 0.6 is 11.6 Å². The van der Waals surface area contributed by atoms with Gasteiger partial charge in [-0.1, -0.05) is 30.5 Å². The Morgan fingerprint density at radius 3 is 2.67 bits per heavy atom. The molecule has 0 aromatic heterocycles. The molecule has 0 spiro atoms. The average Bonchev–Trinajstić information content (AvgIpc) is 3.72. The number of benzene rings is 1. The van der Waals surface area contributed by atoms with Crippen LogP contribution in [0.2, 0.25) is 5.02 Å². The van der Waals surface area contributed by atoms with Gasteiger partial charge in [0.2, 0.25) is 17.7 Å². The highest BCUT2D eigenvalue weighted by Crippen LogP contribution is 2.49. The molecule has 2 aliphatic carbocycles. The molecule has 3 amide bonds. The van der Waals surface area contributed by atoms with E-state index in [0.29, 0.717) is 42.4 Å². The van der Waals surface area contributed by atoms with Gasteiger partial charge in [0.15, 0.2) is 0 Å². The lowest BCUT2D eigenvalue weighted by molar-refractivity contribution is -0.194. The van der Waals surface area contributed by atoms with E-state index in [2.05, 4.69) is 16.0 Å². The quantitative estimate of drug-likeness (QED) is 0.424. The molecule has 5 fully saturated rings. The summed E-state index contributed by atoms with van der Waals surface area (Å²) in [4.78, 5) is 41.3. The summed E-state index contributed by atoms with van der Waals surface area (Å²) in [7, 11) is 0. The van der Waals surface area contributed by atoms with Gasteiger partial charge in [-0.3, -0.25) is 14.4 Å². The molecule has 5 aliphatic rings. The normalized spacial score (nSPS) is 29.1. The Hall–Kier alpha value is -2.93. The van der Waals surface area contributed by atoms with Crippen molar-refractivity contribution in [1.82, 2.24) is 15.5 Å². The second-order valence-corrected chi connectivity index (χ2v) is 11.9. The largest absolute Gasteiger partial charge is 0.374 e. The molecule has 6 rings (SSSR count). The zero-order chi connectivity index (χ0) is 27.7. The fourth-order valence-electron chi connectivity index (χ4n) is 6.44. The minimum atomic E-state index is -3.10. The first-order valence-electron chi connectivity index (χ1n) is 13.9. The molecule has 1 aromatic rings. The summed E-state index contributed by atoms with van der Waals surface area (Å²) < 4.78 is 30.3. The van der Waals surface area contributed by atoms with E-state index in [4.69, 9.17) is 11.6 Å². The van der Waals surface area contributed by atoms with Crippen molar-refractivity contribution in [1.29, 1.82) is 5.26 Å². The Kier molecular flexibility index (Phi) is 7.99. The van der Waals surface area contributed by atoms with Crippen LogP contribution in [0.1, 0.15) is 57.8 Å². The summed E-state index contributed by atoms with van der Waals surface area (Å²) in [6.45, 7) is 0.571. The number of hydrogen-bond donors (Lipinski definition) is 3. The first kappa shape index (κ1) is 27.6. The van der Waals surface area contributed by atoms with Gasteiger partial charge in [-0.15, -0.1) is 0 Å². The van der Waals surface area contributed by atoms with Crippen molar-refractivity contribution in [2.24, 2.45) is 17.8 Å². The molecule has 6 atom stereocenters. The third-order valence-electron chi connectivity index (χ3n) is 8.58. The molecule has 3 aliphatic heterocycles. The van der Waals surface area contributed by atoms with E-state index in [0.717, 1.165) is 19.3 Å². The van der Waals surface area contributed by atoms with Crippen molar-refractivity contribution in [3.8, 4) is 6.07 Å². The Morgan fingerprint density at radius 2 is 2.00 bits per heavy atom. The number of carbonyl (C=O) groups is 3. The number of piperidine rings is 3. The second-order valence-electron chi connectivity index (χ2n) is 11.4. The van der Waals surface area contributed by atoms with Crippen LogP contribution in [0.25, 0.3) is 0 Å². The maximum Gasteiger partial charge on any atom is 0.255 e. The minimum Gasteiger partial charge on any atom is -0.374 e. The van der Waals surface area contributed by atoms with Gasteiger partial charge in [-0.2, -0.15) is 5.26 Å². The molecular weight excluding hydrogens is 528 g/mol. The summed E-state index contributed by atoms with van der Waals surface area (Å²) in [5, 5.41) is 18.9. The number of nitrogens with one attached hydrogen (secondary N) is 3. The Morgan fingerprint density at radius 1 is 1.21 bits per heavy atom.